The number of ether oxygens (including phenoxy) is 1. The number of nitrogens with one attached hydrogen (secondary N) is 1. The van der Waals surface area contributed by atoms with Gasteiger partial charge in [0.2, 0.25) is 0 Å². The Morgan fingerprint density at radius 2 is 2.04 bits per heavy atom. The summed E-state index contributed by atoms with van der Waals surface area (Å²) in [5.74, 6) is 0.141. The van der Waals surface area contributed by atoms with E-state index in [0.717, 1.165) is 12.5 Å². The summed E-state index contributed by atoms with van der Waals surface area (Å²) >= 11 is 0. The van der Waals surface area contributed by atoms with Gasteiger partial charge in [-0.25, -0.2) is 5.43 Å². The molecule has 2 N–H and O–H groups in total. The van der Waals surface area contributed by atoms with Crippen LogP contribution in [-0.2, 0) is 4.79 Å². The number of hydrazone groups is 1. The minimum absolute atomic E-state index is 0.213. The summed E-state index contributed by atoms with van der Waals surface area (Å²) in [5.41, 5.74) is 3.41. The predicted octanol–water partition coefficient (Wildman–Crippen LogP) is 3.34. The van der Waals surface area contributed by atoms with Gasteiger partial charge in [0.15, 0.2) is 12.4 Å². The van der Waals surface area contributed by atoms with E-state index in [1.807, 2.05) is 24.3 Å². The number of phenolic OH excluding ortho intramolecular Hbond substituents is 1. The summed E-state index contributed by atoms with van der Waals surface area (Å²) in [5, 5.41) is 23.9. The van der Waals surface area contributed by atoms with Gasteiger partial charge < -0.3 is 9.84 Å². The van der Waals surface area contributed by atoms with E-state index >= 15 is 0 Å². The highest BCUT2D eigenvalue weighted by Gasteiger charge is 2.12. The van der Waals surface area contributed by atoms with E-state index in [-0.39, 0.29) is 6.61 Å². The lowest BCUT2D eigenvalue weighted by Gasteiger charge is -2.10. The highest BCUT2D eigenvalue weighted by atomic mass is 16.6. The maximum absolute atomic E-state index is 11.8. The molecule has 0 aliphatic carbocycles. The summed E-state index contributed by atoms with van der Waals surface area (Å²) in [7, 11) is 0. The third kappa shape index (κ3) is 5.81. The van der Waals surface area contributed by atoms with E-state index < -0.39 is 22.3 Å². The van der Waals surface area contributed by atoms with Crippen molar-refractivity contribution in [3.8, 4) is 11.5 Å². The highest BCUT2D eigenvalue weighted by Crippen LogP contribution is 2.25. The number of amides is 1. The molecule has 8 heteroatoms. The molecular formula is C19H21N3O5. The lowest BCUT2D eigenvalue weighted by Crippen LogP contribution is -2.24. The first kappa shape index (κ1) is 19.9. The van der Waals surface area contributed by atoms with Crippen LogP contribution in [0.5, 0.6) is 11.5 Å². The van der Waals surface area contributed by atoms with Crippen LogP contribution < -0.4 is 10.2 Å². The molecule has 0 radical (unpaired) electrons. The Kier molecular flexibility index (Phi) is 6.87. The van der Waals surface area contributed by atoms with E-state index in [1.165, 1.54) is 23.9 Å². The van der Waals surface area contributed by atoms with Crippen molar-refractivity contribution in [1.29, 1.82) is 0 Å². The van der Waals surface area contributed by atoms with Crippen LogP contribution >= 0.6 is 0 Å². The van der Waals surface area contributed by atoms with E-state index in [1.54, 1.807) is 0 Å². The SMILES string of the molecule is CC[C@@H](C)c1ccc(OCC(=O)NN=Cc2ccc(O)c([N+](=O)[O-])c2)cc1. The van der Waals surface area contributed by atoms with Crippen molar-refractivity contribution >= 4 is 17.8 Å². The van der Waals surface area contributed by atoms with Gasteiger partial charge in [-0.2, -0.15) is 5.10 Å². The first-order valence-corrected chi connectivity index (χ1v) is 8.42. The Balaban J connectivity index is 1.85. The van der Waals surface area contributed by atoms with Crippen LogP contribution in [0.3, 0.4) is 0 Å². The second-order valence-electron chi connectivity index (χ2n) is 5.97. The third-order valence-corrected chi connectivity index (χ3v) is 4.03. The number of aromatic hydroxyl groups is 1. The average molecular weight is 371 g/mol. The zero-order valence-corrected chi connectivity index (χ0v) is 15.1. The monoisotopic (exact) mass is 371 g/mol. The van der Waals surface area contributed by atoms with Gasteiger partial charge in [-0.15, -0.1) is 0 Å². The number of phenols is 1. The molecule has 0 spiro atoms. The molecule has 0 aliphatic rings. The van der Waals surface area contributed by atoms with Crippen molar-refractivity contribution in [3.05, 3.63) is 63.7 Å². The summed E-state index contributed by atoms with van der Waals surface area (Å²) in [4.78, 5) is 21.8. The fourth-order valence-electron chi connectivity index (χ4n) is 2.26. The zero-order valence-electron chi connectivity index (χ0n) is 15.1. The Hall–Kier alpha value is -3.42. The third-order valence-electron chi connectivity index (χ3n) is 4.03. The number of hydrogen-bond acceptors (Lipinski definition) is 6. The van der Waals surface area contributed by atoms with Crippen molar-refractivity contribution < 1.29 is 19.6 Å². The van der Waals surface area contributed by atoms with Crippen molar-refractivity contribution in [2.75, 3.05) is 6.61 Å². The highest BCUT2D eigenvalue weighted by molar-refractivity contribution is 5.84. The van der Waals surface area contributed by atoms with Crippen LogP contribution in [-0.4, -0.2) is 28.8 Å². The van der Waals surface area contributed by atoms with Crippen LogP contribution in [0.1, 0.15) is 37.3 Å². The summed E-state index contributed by atoms with van der Waals surface area (Å²) in [6.07, 6.45) is 2.29. The Morgan fingerprint density at radius 3 is 2.67 bits per heavy atom. The van der Waals surface area contributed by atoms with Gasteiger partial charge in [0.05, 0.1) is 11.1 Å². The summed E-state index contributed by atoms with van der Waals surface area (Å²) < 4.78 is 5.40. The number of carbonyl (C=O) groups excluding carboxylic acids is 1. The van der Waals surface area contributed by atoms with E-state index in [0.29, 0.717) is 17.2 Å². The van der Waals surface area contributed by atoms with Gasteiger partial charge in [-0.3, -0.25) is 14.9 Å². The number of rotatable bonds is 8. The molecule has 0 aliphatic heterocycles. The van der Waals surface area contributed by atoms with E-state index in [2.05, 4.69) is 24.4 Å². The van der Waals surface area contributed by atoms with Gasteiger partial charge in [-0.05, 0) is 42.2 Å². The Morgan fingerprint density at radius 1 is 1.33 bits per heavy atom. The number of nitro benzene ring substituents is 1. The fraction of sp³-hybridized carbons (Fsp3) is 0.263. The summed E-state index contributed by atoms with van der Waals surface area (Å²) in [6.45, 7) is 4.05. The van der Waals surface area contributed by atoms with Crippen molar-refractivity contribution in [1.82, 2.24) is 5.43 Å². The number of nitrogens with zero attached hydrogens (tertiary/aromatic N) is 2. The molecule has 0 fully saturated rings. The van der Waals surface area contributed by atoms with Gasteiger partial charge in [0, 0.05) is 11.6 Å². The second kappa shape index (κ2) is 9.33. The molecule has 0 aromatic heterocycles. The average Bonchev–Trinajstić information content (AvgIpc) is 2.67. The standard InChI is InChI=1S/C19H21N3O5/c1-3-13(2)15-5-7-16(8-6-15)27-12-19(24)21-20-11-14-4-9-18(23)17(10-14)22(25)26/h4-11,13,23H,3,12H2,1-2H3,(H,21,24)/t13-/m1/s1. The van der Waals surface area contributed by atoms with Gasteiger partial charge in [0.1, 0.15) is 5.75 Å². The Labute approximate surface area is 156 Å². The van der Waals surface area contributed by atoms with E-state index in [4.69, 9.17) is 4.74 Å². The first-order chi connectivity index (χ1) is 12.9. The second-order valence-corrected chi connectivity index (χ2v) is 5.97. The fourth-order valence-corrected chi connectivity index (χ4v) is 2.26. The van der Waals surface area contributed by atoms with Gasteiger partial charge in [-0.1, -0.05) is 26.0 Å². The molecule has 27 heavy (non-hydrogen) atoms. The van der Waals surface area contributed by atoms with Gasteiger partial charge >= 0.3 is 5.69 Å². The molecular weight excluding hydrogens is 350 g/mol. The molecule has 0 saturated carbocycles. The molecule has 0 unspecified atom stereocenters. The Bertz CT molecular complexity index is 834. The molecule has 0 saturated heterocycles. The zero-order chi connectivity index (χ0) is 19.8. The smallest absolute Gasteiger partial charge is 0.311 e. The van der Waals surface area contributed by atoms with Crippen LogP contribution in [0, 0.1) is 10.1 Å². The lowest BCUT2D eigenvalue weighted by molar-refractivity contribution is -0.385. The van der Waals surface area contributed by atoms with Crippen LogP contribution in [0.15, 0.2) is 47.6 Å². The van der Waals surface area contributed by atoms with Crippen LogP contribution in [0.4, 0.5) is 5.69 Å². The molecule has 142 valence electrons. The molecule has 2 rings (SSSR count). The lowest BCUT2D eigenvalue weighted by atomic mass is 9.99. The van der Waals surface area contributed by atoms with Gasteiger partial charge in [0.25, 0.3) is 5.91 Å². The minimum Gasteiger partial charge on any atom is -0.502 e. The van der Waals surface area contributed by atoms with Crippen molar-refractivity contribution in [2.45, 2.75) is 26.2 Å². The van der Waals surface area contributed by atoms with E-state index in [9.17, 15) is 20.0 Å². The number of hydrogen-bond donors (Lipinski definition) is 2. The van der Waals surface area contributed by atoms with Crippen LogP contribution in [0.25, 0.3) is 0 Å². The number of nitro groups is 1. The van der Waals surface area contributed by atoms with Crippen molar-refractivity contribution in [2.24, 2.45) is 5.10 Å². The first-order valence-electron chi connectivity index (χ1n) is 8.42. The maximum atomic E-state index is 11.8. The molecule has 1 atom stereocenters. The molecule has 1 amide bonds. The number of benzene rings is 2. The molecule has 0 bridgehead atoms. The molecule has 8 nitrogen and oxygen atoms in total. The quantitative estimate of drug-likeness (QED) is 0.420. The topological polar surface area (TPSA) is 114 Å². The number of carbonyl (C=O) groups is 1. The maximum Gasteiger partial charge on any atom is 0.311 e. The van der Waals surface area contributed by atoms with Crippen LogP contribution in [0.2, 0.25) is 0 Å². The minimum atomic E-state index is -0.703. The molecule has 2 aromatic rings. The largest absolute Gasteiger partial charge is 0.502 e. The van der Waals surface area contributed by atoms with Crippen molar-refractivity contribution in [3.63, 3.8) is 0 Å². The predicted molar refractivity (Wildman–Crippen MR) is 101 cm³/mol. The summed E-state index contributed by atoms with van der Waals surface area (Å²) in [6, 6.07) is 11.3. The molecule has 0 heterocycles. The normalized spacial score (nSPS) is 11.9. The molecule has 2 aromatic carbocycles.